The van der Waals surface area contributed by atoms with Gasteiger partial charge in [-0.2, -0.15) is 0 Å². The molecule has 1 aliphatic heterocycles. The van der Waals surface area contributed by atoms with Crippen molar-refractivity contribution in [1.29, 1.82) is 0 Å². The Morgan fingerprint density at radius 3 is 2.37 bits per heavy atom. The van der Waals surface area contributed by atoms with Gasteiger partial charge < -0.3 is 10.6 Å². The molecule has 0 aliphatic carbocycles. The lowest BCUT2D eigenvalue weighted by molar-refractivity contribution is 0.286. The van der Waals surface area contributed by atoms with Crippen molar-refractivity contribution in [3.8, 4) is 0 Å². The fourth-order valence-electron chi connectivity index (χ4n) is 2.18. The Kier molecular flexibility index (Phi) is 5.01. The summed E-state index contributed by atoms with van der Waals surface area (Å²) >= 11 is 0. The first-order valence-electron chi connectivity index (χ1n) is 6.33. The largest absolute Gasteiger partial charge is 0.324 e. The van der Waals surface area contributed by atoms with Crippen LogP contribution in [0.4, 0.5) is 8.78 Å². The average Bonchev–Trinajstić information content (AvgIpc) is 2.36. The number of benzene rings is 1. The highest BCUT2D eigenvalue weighted by molar-refractivity contribution is 7.85. The molecule has 0 aromatic heterocycles. The van der Waals surface area contributed by atoms with Crippen LogP contribution < -0.4 is 5.73 Å². The van der Waals surface area contributed by atoms with Crippen molar-refractivity contribution in [2.75, 3.05) is 31.1 Å². The summed E-state index contributed by atoms with van der Waals surface area (Å²) in [4.78, 5) is 2.19. The van der Waals surface area contributed by atoms with E-state index in [9.17, 15) is 13.0 Å². The molecule has 106 valence electrons. The summed E-state index contributed by atoms with van der Waals surface area (Å²) in [6.07, 6.45) is 0.634. The van der Waals surface area contributed by atoms with E-state index in [1.807, 2.05) is 0 Å². The summed E-state index contributed by atoms with van der Waals surface area (Å²) in [6.45, 7) is 2.37. The van der Waals surface area contributed by atoms with Crippen LogP contribution in [0.2, 0.25) is 0 Å². The van der Waals surface area contributed by atoms with Gasteiger partial charge in [0, 0.05) is 54.0 Å². The summed E-state index contributed by atoms with van der Waals surface area (Å²) in [6, 6.07) is 3.02. The SMILES string of the molecule is NC(CCN1CCS(=O)CC1)c1cc(F)cc(F)c1. The van der Waals surface area contributed by atoms with Crippen LogP contribution in [-0.4, -0.2) is 40.2 Å². The second-order valence-electron chi connectivity index (χ2n) is 4.79. The first-order chi connectivity index (χ1) is 9.04. The Labute approximate surface area is 114 Å². The average molecular weight is 288 g/mol. The van der Waals surface area contributed by atoms with E-state index in [1.165, 1.54) is 12.1 Å². The van der Waals surface area contributed by atoms with Crippen molar-refractivity contribution in [2.45, 2.75) is 12.5 Å². The fraction of sp³-hybridized carbons (Fsp3) is 0.538. The maximum atomic E-state index is 13.1. The number of nitrogens with two attached hydrogens (primary N) is 1. The normalized spacial score (nSPS) is 19.5. The molecule has 6 heteroatoms. The van der Waals surface area contributed by atoms with E-state index in [2.05, 4.69) is 4.90 Å². The second kappa shape index (κ2) is 6.54. The van der Waals surface area contributed by atoms with E-state index in [0.29, 0.717) is 23.5 Å². The Hall–Kier alpha value is -0.850. The van der Waals surface area contributed by atoms with Crippen LogP contribution in [0.1, 0.15) is 18.0 Å². The van der Waals surface area contributed by atoms with Crippen LogP contribution >= 0.6 is 0 Å². The van der Waals surface area contributed by atoms with Gasteiger partial charge in [-0.15, -0.1) is 0 Å². The van der Waals surface area contributed by atoms with E-state index in [0.717, 1.165) is 25.7 Å². The van der Waals surface area contributed by atoms with E-state index < -0.39 is 22.4 Å². The van der Waals surface area contributed by atoms with Gasteiger partial charge in [-0.3, -0.25) is 4.21 Å². The zero-order chi connectivity index (χ0) is 13.8. The first kappa shape index (κ1) is 14.6. The molecule has 2 N–H and O–H groups in total. The zero-order valence-electron chi connectivity index (χ0n) is 10.6. The minimum absolute atomic E-state index is 0.377. The van der Waals surface area contributed by atoms with E-state index in [1.54, 1.807) is 0 Å². The Morgan fingerprint density at radius 2 is 1.79 bits per heavy atom. The standard InChI is InChI=1S/C13H18F2N2OS/c14-11-7-10(8-12(15)9-11)13(16)1-2-17-3-5-19(18)6-4-17/h7-9,13H,1-6,16H2. The first-order valence-corrected chi connectivity index (χ1v) is 7.82. The van der Waals surface area contributed by atoms with Gasteiger partial charge in [-0.25, -0.2) is 8.78 Å². The lowest BCUT2D eigenvalue weighted by Crippen LogP contribution is -2.39. The highest BCUT2D eigenvalue weighted by atomic mass is 32.2. The molecule has 1 aliphatic rings. The monoisotopic (exact) mass is 288 g/mol. The van der Waals surface area contributed by atoms with Gasteiger partial charge in [-0.1, -0.05) is 0 Å². The second-order valence-corrected chi connectivity index (χ2v) is 6.48. The third-order valence-corrected chi connectivity index (χ3v) is 4.62. The molecule has 1 saturated heterocycles. The lowest BCUT2D eigenvalue weighted by atomic mass is 10.0. The molecule has 1 aromatic carbocycles. The molecule has 0 saturated carbocycles. The molecule has 1 atom stereocenters. The zero-order valence-corrected chi connectivity index (χ0v) is 11.5. The van der Waals surface area contributed by atoms with Crippen molar-refractivity contribution in [3.05, 3.63) is 35.4 Å². The summed E-state index contributed by atoms with van der Waals surface area (Å²) < 4.78 is 37.4. The fourth-order valence-corrected chi connectivity index (χ4v) is 3.30. The van der Waals surface area contributed by atoms with Crippen molar-refractivity contribution < 1.29 is 13.0 Å². The molecule has 0 spiro atoms. The van der Waals surface area contributed by atoms with Gasteiger partial charge in [0.15, 0.2) is 0 Å². The molecule has 0 bridgehead atoms. The summed E-state index contributed by atoms with van der Waals surface area (Å²) in [5.74, 6) is 0.200. The van der Waals surface area contributed by atoms with Crippen LogP contribution in [0.3, 0.4) is 0 Å². The minimum atomic E-state index is -0.689. The third-order valence-electron chi connectivity index (χ3n) is 3.34. The van der Waals surface area contributed by atoms with Gasteiger partial charge in [0.05, 0.1) is 0 Å². The number of rotatable bonds is 4. The van der Waals surface area contributed by atoms with E-state index >= 15 is 0 Å². The van der Waals surface area contributed by atoms with E-state index in [4.69, 9.17) is 5.73 Å². The van der Waals surface area contributed by atoms with Crippen molar-refractivity contribution >= 4 is 10.8 Å². The molecule has 1 unspecified atom stereocenters. The number of halogens is 2. The van der Waals surface area contributed by atoms with Crippen LogP contribution in [0.5, 0.6) is 0 Å². The number of hydrogen-bond acceptors (Lipinski definition) is 3. The highest BCUT2D eigenvalue weighted by Crippen LogP contribution is 2.18. The molecular formula is C13H18F2N2OS. The van der Waals surface area contributed by atoms with Crippen molar-refractivity contribution in [3.63, 3.8) is 0 Å². The smallest absolute Gasteiger partial charge is 0.126 e. The molecule has 2 rings (SSSR count). The number of hydrogen-bond donors (Lipinski definition) is 1. The molecule has 1 heterocycles. The van der Waals surface area contributed by atoms with Crippen LogP contribution in [0, 0.1) is 11.6 Å². The van der Waals surface area contributed by atoms with Crippen molar-refractivity contribution in [2.24, 2.45) is 5.73 Å². The maximum Gasteiger partial charge on any atom is 0.126 e. The topological polar surface area (TPSA) is 46.3 Å². The predicted octanol–water partition coefficient (Wildman–Crippen LogP) is 1.42. The molecule has 1 fully saturated rings. The Bertz CT molecular complexity index is 440. The van der Waals surface area contributed by atoms with Gasteiger partial charge >= 0.3 is 0 Å². The number of nitrogens with zero attached hydrogens (tertiary/aromatic N) is 1. The summed E-state index contributed by atoms with van der Waals surface area (Å²) in [5, 5.41) is 0. The summed E-state index contributed by atoms with van der Waals surface area (Å²) in [5.41, 5.74) is 6.44. The molecule has 1 aromatic rings. The molecular weight excluding hydrogens is 270 g/mol. The van der Waals surface area contributed by atoms with Crippen LogP contribution in [0.15, 0.2) is 18.2 Å². The molecule has 0 amide bonds. The van der Waals surface area contributed by atoms with Crippen LogP contribution in [0.25, 0.3) is 0 Å². The maximum absolute atomic E-state index is 13.1. The molecule has 19 heavy (non-hydrogen) atoms. The van der Waals surface area contributed by atoms with Gasteiger partial charge in [0.1, 0.15) is 11.6 Å². The highest BCUT2D eigenvalue weighted by Gasteiger charge is 2.16. The Morgan fingerprint density at radius 1 is 1.21 bits per heavy atom. The predicted molar refractivity (Wildman–Crippen MR) is 72.2 cm³/mol. The van der Waals surface area contributed by atoms with Gasteiger partial charge in [-0.05, 0) is 24.1 Å². The van der Waals surface area contributed by atoms with Crippen molar-refractivity contribution in [1.82, 2.24) is 4.90 Å². The molecule has 0 radical (unpaired) electrons. The van der Waals surface area contributed by atoms with Gasteiger partial charge in [0.25, 0.3) is 0 Å². The van der Waals surface area contributed by atoms with Gasteiger partial charge in [0.2, 0.25) is 0 Å². The lowest BCUT2D eigenvalue weighted by Gasteiger charge is -2.27. The molecule has 3 nitrogen and oxygen atoms in total. The van der Waals surface area contributed by atoms with E-state index in [-0.39, 0.29) is 6.04 Å². The third kappa shape index (κ3) is 4.33. The summed E-state index contributed by atoms with van der Waals surface area (Å²) in [7, 11) is -0.689. The minimum Gasteiger partial charge on any atom is -0.324 e. The quantitative estimate of drug-likeness (QED) is 0.911. The Balaban J connectivity index is 1.86. The van der Waals surface area contributed by atoms with Crippen LogP contribution in [-0.2, 0) is 10.8 Å².